The third-order valence-electron chi connectivity index (χ3n) is 7.65. The highest BCUT2D eigenvalue weighted by Gasteiger charge is 2.57. The second kappa shape index (κ2) is 11.3. The molecule has 41 heavy (non-hydrogen) atoms. The van der Waals surface area contributed by atoms with Gasteiger partial charge in [-0.2, -0.15) is 13.2 Å². The number of rotatable bonds is 6. The molecule has 8 nitrogen and oxygen atoms in total. The summed E-state index contributed by atoms with van der Waals surface area (Å²) in [5.41, 5.74) is -2.42. The number of hydrogen-bond donors (Lipinski definition) is 1. The van der Waals surface area contributed by atoms with Crippen molar-refractivity contribution in [2.45, 2.75) is 51.0 Å². The summed E-state index contributed by atoms with van der Waals surface area (Å²) >= 11 is 5.97. The highest BCUT2D eigenvalue weighted by atomic mass is 35.5. The average Bonchev–Trinajstić information content (AvgIpc) is 3.08. The monoisotopic (exact) mass is 596 g/mol. The maximum Gasteiger partial charge on any atom is 0.416 e. The number of carbonyl (C=O) groups excluding carboxylic acids is 4. The van der Waals surface area contributed by atoms with Crippen LogP contribution in [0.25, 0.3) is 0 Å². The Morgan fingerprint density at radius 1 is 1.05 bits per heavy atom. The van der Waals surface area contributed by atoms with E-state index in [4.69, 9.17) is 11.6 Å². The van der Waals surface area contributed by atoms with Gasteiger partial charge in [0.15, 0.2) is 0 Å². The summed E-state index contributed by atoms with van der Waals surface area (Å²) in [5, 5.41) is 2.92. The Labute approximate surface area is 239 Å². The number of nitrogens with zero attached hydrogens (tertiary/aromatic N) is 3. The van der Waals surface area contributed by atoms with E-state index < -0.39 is 58.5 Å². The molecule has 0 aromatic heterocycles. The van der Waals surface area contributed by atoms with Crippen molar-refractivity contribution in [3.05, 3.63) is 70.0 Å². The molecule has 0 saturated carbocycles. The molecule has 13 heteroatoms. The first-order chi connectivity index (χ1) is 19.2. The van der Waals surface area contributed by atoms with E-state index in [2.05, 4.69) is 5.32 Å². The van der Waals surface area contributed by atoms with Crippen molar-refractivity contribution in [1.29, 1.82) is 0 Å². The Balaban J connectivity index is 1.50. The lowest BCUT2D eigenvalue weighted by Crippen LogP contribution is -2.60. The van der Waals surface area contributed by atoms with Crippen molar-refractivity contribution in [2.24, 2.45) is 5.92 Å². The van der Waals surface area contributed by atoms with Gasteiger partial charge in [0.1, 0.15) is 17.4 Å². The molecule has 4 rings (SSSR count). The molecule has 2 saturated heterocycles. The fraction of sp³-hybridized carbons (Fsp3) is 0.429. The molecule has 2 aliphatic heterocycles. The summed E-state index contributed by atoms with van der Waals surface area (Å²) in [5.74, 6) is -3.69. The molecule has 0 radical (unpaired) electrons. The molecule has 2 aromatic carbocycles. The van der Waals surface area contributed by atoms with E-state index in [1.807, 2.05) is 0 Å². The first-order valence-corrected chi connectivity index (χ1v) is 13.3. The number of urea groups is 1. The normalized spacial score (nSPS) is 17.9. The smallest absolute Gasteiger partial charge is 0.341 e. The van der Waals surface area contributed by atoms with Crippen molar-refractivity contribution in [3.63, 3.8) is 0 Å². The number of imide groups is 1. The van der Waals surface area contributed by atoms with Crippen LogP contribution in [0.15, 0.2) is 42.5 Å². The van der Waals surface area contributed by atoms with Gasteiger partial charge in [-0.3, -0.25) is 19.3 Å². The van der Waals surface area contributed by atoms with Crippen LogP contribution < -0.4 is 5.32 Å². The minimum Gasteiger partial charge on any atom is -0.341 e. The quantitative estimate of drug-likeness (QED) is 0.386. The van der Waals surface area contributed by atoms with Crippen molar-refractivity contribution >= 4 is 35.4 Å². The molecule has 2 heterocycles. The predicted molar refractivity (Wildman–Crippen MR) is 141 cm³/mol. The Hall–Kier alpha value is -3.67. The molecule has 2 fully saturated rings. The molecule has 2 aromatic rings. The van der Waals surface area contributed by atoms with Crippen LogP contribution in [0, 0.1) is 11.7 Å². The predicted octanol–water partition coefficient (Wildman–Crippen LogP) is 4.71. The van der Waals surface area contributed by atoms with Crippen LogP contribution in [0.2, 0.25) is 5.02 Å². The fourth-order valence-electron chi connectivity index (χ4n) is 5.26. The topological polar surface area (TPSA) is 90.0 Å². The zero-order valence-corrected chi connectivity index (χ0v) is 23.4. The number of alkyl halides is 3. The fourth-order valence-corrected chi connectivity index (χ4v) is 5.38. The number of carbonyl (C=O) groups is 4. The van der Waals surface area contributed by atoms with Crippen LogP contribution in [0.1, 0.15) is 48.2 Å². The second-order valence-corrected chi connectivity index (χ2v) is 11.0. The summed E-state index contributed by atoms with van der Waals surface area (Å²) in [6.07, 6.45) is -4.50. The van der Waals surface area contributed by atoms with Gasteiger partial charge < -0.3 is 15.1 Å². The third-order valence-corrected chi connectivity index (χ3v) is 7.90. The Morgan fingerprint density at radius 3 is 2.22 bits per heavy atom. The molecule has 1 atom stereocenters. The number of nitrogens with one attached hydrogen (secondary N) is 1. The van der Waals surface area contributed by atoms with Gasteiger partial charge in [-0.05, 0) is 54.7 Å². The number of hydrogen-bond acceptors (Lipinski definition) is 4. The lowest BCUT2D eigenvalue weighted by atomic mass is 9.85. The van der Waals surface area contributed by atoms with E-state index in [0.29, 0.717) is 23.2 Å². The van der Waals surface area contributed by atoms with Crippen LogP contribution >= 0.6 is 11.6 Å². The van der Waals surface area contributed by atoms with Crippen molar-refractivity contribution in [2.75, 3.05) is 20.1 Å². The molecule has 0 bridgehead atoms. The minimum atomic E-state index is -4.78. The summed E-state index contributed by atoms with van der Waals surface area (Å²) < 4.78 is 53.7. The number of benzene rings is 2. The molecular formula is C28H29ClF4N4O4. The standard InChI is InChI=1S/C28H29ClF4N4O4/c1-16(2)22(34-23(38)20-14-18(28(31,32)33)6-9-21(20)30)24(39)36-12-10-27(11-13-36)25(40)35(3)26(41)37(27)15-17-4-7-19(29)8-5-17/h4-9,14,16,22H,10-13,15H2,1-3H3,(H,34,38)/t22-/m1/s1. The van der Waals surface area contributed by atoms with E-state index in [9.17, 15) is 36.7 Å². The second-order valence-electron chi connectivity index (χ2n) is 10.6. The lowest BCUT2D eigenvalue weighted by Gasteiger charge is -2.43. The van der Waals surface area contributed by atoms with Crippen LogP contribution in [0.3, 0.4) is 0 Å². The molecule has 2 aliphatic rings. The average molecular weight is 597 g/mol. The summed E-state index contributed by atoms with van der Waals surface area (Å²) in [4.78, 5) is 56.6. The van der Waals surface area contributed by atoms with Gasteiger partial charge in [0, 0.05) is 31.7 Å². The molecule has 0 aliphatic carbocycles. The number of halogens is 5. The largest absolute Gasteiger partial charge is 0.416 e. The highest BCUT2D eigenvalue weighted by Crippen LogP contribution is 2.38. The van der Waals surface area contributed by atoms with E-state index in [0.717, 1.165) is 10.5 Å². The molecule has 1 spiro atoms. The molecule has 5 amide bonds. The SMILES string of the molecule is CC(C)[C@@H](NC(=O)c1cc(C(F)(F)F)ccc1F)C(=O)N1CCC2(CC1)C(=O)N(C)C(=O)N2Cc1ccc(Cl)cc1. The summed E-state index contributed by atoms with van der Waals surface area (Å²) in [7, 11) is 1.41. The van der Waals surface area contributed by atoms with Gasteiger partial charge in [0.25, 0.3) is 11.8 Å². The number of piperidine rings is 1. The zero-order chi connectivity index (χ0) is 30.3. The molecule has 0 unspecified atom stereocenters. The van der Waals surface area contributed by atoms with Crippen molar-refractivity contribution < 1.29 is 36.7 Å². The molecule has 1 N–H and O–H groups in total. The van der Waals surface area contributed by atoms with Gasteiger partial charge in [-0.15, -0.1) is 0 Å². The number of likely N-dealkylation sites (tertiary alicyclic amines) is 1. The Bertz CT molecular complexity index is 1360. The Kier molecular flexibility index (Phi) is 8.35. The highest BCUT2D eigenvalue weighted by molar-refractivity contribution is 6.30. The zero-order valence-electron chi connectivity index (χ0n) is 22.6. The van der Waals surface area contributed by atoms with E-state index in [1.165, 1.54) is 16.8 Å². The van der Waals surface area contributed by atoms with Crippen molar-refractivity contribution in [1.82, 2.24) is 20.0 Å². The lowest BCUT2D eigenvalue weighted by molar-refractivity contribution is -0.142. The summed E-state index contributed by atoms with van der Waals surface area (Å²) in [6, 6.07) is 6.75. The molecular weight excluding hydrogens is 568 g/mol. The first kappa shape index (κ1) is 30.3. The van der Waals surface area contributed by atoms with Crippen LogP contribution in [-0.2, 0) is 22.3 Å². The maximum atomic E-state index is 14.3. The van der Waals surface area contributed by atoms with Gasteiger partial charge in [0.2, 0.25) is 5.91 Å². The van der Waals surface area contributed by atoms with Gasteiger partial charge in [-0.25, -0.2) is 9.18 Å². The van der Waals surface area contributed by atoms with E-state index in [-0.39, 0.29) is 38.4 Å². The van der Waals surface area contributed by atoms with Gasteiger partial charge >= 0.3 is 12.2 Å². The van der Waals surface area contributed by atoms with E-state index in [1.54, 1.807) is 38.1 Å². The third kappa shape index (κ3) is 5.88. The number of amides is 5. The number of likely N-dealkylation sites (N-methyl/N-ethyl adjacent to an activating group) is 1. The minimum absolute atomic E-state index is 0.0832. The van der Waals surface area contributed by atoms with Gasteiger partial charge in [-0.1, -0.05) is 37.6 Å². The Morgan fingerprint density at radius 2 is 1.66 bits per heavy atom. The van der Waals surface area contributed by atoms with Crippen LogP contribution in [-0.4, -0.2) is 70.2 Å². The summed E-state index contributed by atoms with van der Waals surface area (Å²) in [6.45, 7) is 3.60. The molecule has 220 valence electrons. The first-order valence-electron chi connectivity index (χ1n) is 13.0. The van der Waals surface area contributed by atoms with Crippen LogP contribution in [0.4, 0.5) is 22.4 Å². The van der Waals surface area contributed by atoms with Crippen LogP contribution in [0.5, 0.6) is 0 Å². The maximum absolute atomic E-state index is 14.3. The van der Waals surface area contributed by atoms with Crippen molar-refractivity contribution in [3.8, 4) is 0 Å². The van der Waals surface area contributed by atoms with Gasteiger partial charge in [0.05, 0.1) is 11.1 Å². The van der Waals surface area contributed by atoms with E-state index >= 15 is 0 Å².